The van der Waals surface area contributed by atoms with Gasteiger partial charge in [-0.15, -0.1) is 0 Å². The van der Waals surface area contributed by atoms with Crippen LogP contribution in [0.3, 0.4) is 0 Å². The molecule has 0 bridgehead atoms. The van der Waals surface area contributed by atoms with Gasteiger partial charge < -0.3 is 23.9 Å². The number of anilines is 1. The average Bonchev–Trinajstić information content (AvgIpc) is 3.25. The summed E-state index contributed by atoms with van der Waals surface area (Å²) >= 11 is 0. The normalized spacial score (nSPS) is 11.0. The van der Waals surface area contributed by atoms with Gasteiger partial charge in [-0.25, -0.2) is 4.98 Å². The number of fused-ring (bicyclic) bond motifs is 1. The predicted octanol–water partition coefficient (Wildman–Crippen LogP) is 4.89. The van der Waals surface area contributed by atoms with Crippen molar-refractivity contribution in [2.45, 2.75) is 13.5 Å². The Morgan fingerprint density at radius 2 is 1.85 bits per heavy atom. The van der Waals surface area contributed by atoms with Crippen LogP contribution in [0.15, 0.2) is 73.1 Å². The molecule has 0 aliphatic heterocycles. The maximum Gasteiger partial charge on any atom is 0.248 e. The Labute approximate surface area is 192 Å². The molecule has 0 saturated heterocycles. The number of imidazole rings is 1. The summed E-state index contributed by atoms with van der Waals surface area (Å²) in [5.41, 5.74) is 4.14. The number of carbonyl (C=O) groups is 1. The number of nitrogens with zero attached hydrogens (tertiary/aromatic N) is 2. The molecule has 4 aromatic rings. The molecule has 0 aliphatic rings. The third-order valence-electron chi connectivity index (χ3n) is 5.02. The van der Waals surface area contributed by atoms with E-state index >= 15 is 0 Å². The molecule has 0 unspecified atom stereocenters. The zero-order chi connectivity index (χ0) is 23.2. The summed E-state index contributed by atoms with van der Waals surface area (Å²) < 4.78 is 18.6. The van der Waals surface area contributed by atoms with Crippen molar-refractivity contribution in [2.75, 3.05) is 19.5 Å². The van der Waals surface area contributed by atoms with Crippen LogP contribution in [0.5, 0.6) is 17.2 Å². The van der Waals surface area contributed by atoms with Crippen LogP contribution in [0.25, 0.3) is 11.7 Å². The Balaban J connectivity index is 1.45. The van der Waals surface area contributed by atoms with E-state index in [-0.39, 0.29) is 12.5 Å². The number of rotatable bonds is 8. The van der Waals surface area contributed by atoms with Crippen molar-refractivity contribution in [3.05, 3.63) is 89.9 Å². The fourth-order valence-electron chi connectivity index (χ4n) is 3.41. The summed E-state index contributed by atoms with van der Waals surface area (Å²) in [7, 11) is 3.18. The van der Waals surface area contributed by atoms with Gasteiger partial charge in [0, 0.05) is 35.8 Å². The molecule has 0 radical (unpaired) electrons. The summed E-state index contributed by atoms with van der Waals surface area (Å²) in [5.74, 6) is 1.51. The van der Waals surface area contributed by atoms with Crippen LogP contribution in [-0.4, -0.2) is 29.5 Å². The summed E-state index contributed by atoms with van der Waals surface area (Å²) in [6.07, 6.45) is 7.05. The number of aromatic nitrogens is 2. The number of ether oxygens (including phenoxy) is 3. The second-order valence-electron chi connectivity index (χ2n) is 7.42. The number of methoxy groups -OCH3 is 2. The second kappa shape index (κ2) is 9.91. The third kappa shape index (κ3) is 5.33. The molecule has 0 spiro atoms. The highest BCUT2D eigenvalue weighted by Crippen LogP contribution is 2.31. The molecular formula is C26H25N3O4. The van der Waals surface area contributed by atoms with E-state index < -0.39 is 0 Å². The molecule has 2 heterocycles. The summed E-state index contributed by atoms with van der Waals surface area (Å²) in [6, 6.07) is 16.8. The quantitative estimate of drug-likeness (QED) is 0.393. The van der Waals surface area contributed by atoms with Crippen molar-refractivity contribution in [3.63, 3.8) is 0 Å². The van der Waals surface area contributed by atoms with Crippen LogP contribution >= 0.6 is 0 Å². The molecule has 7 heteroatoms. The summed E-state index contributed by atoms with van der Waals surface area (Å²) in [4.78, 5) is 17.0. The van der Waals surface area contributed by atoms with Crippen LogP contribution in [0.1, 0.15) is 16.8 Å². The minimum atomic E-state index is -0.268. The van der Waals surface area contributed by atoms with Gasteiger partial charge in [0.15, 0.2) is 11.5 Å². The molecule has 168 valence electrons. The fourth-order valence-corrected chi connectivity index (χ4v) is 3.41. The smallest absolute Gasteiger partial charge is 0.248 e. The number of amides is 1. The number of hydrogen-bond donors (Lipinski definition) is 1. The van der Waals surface area contributed by atoms with E-state index in [2.05, 4.69) is 10.3 Å². The van der Waals surface area contributed by atoms with E-state index in [1.54, 1.807) is 38.5 Å². The van der Waals surface area contributed by atoms with E-state index in [0.717, 1.165) is 22.5 Å². The first-order chi connectivity index (χ1) is 16.1. The van der Waals surface area contributed by atoms with Gasteiger partial charge in [-0.3, -0.25) is 4.79 Å². The lowest BCUT2D eigenvalue weighted by Crippen LogP contribution is -2.08. The SMILES string of the molecule is COc1ccc(C)cc1/C=C/C(=O)Nc1ccc(OC)c(OCc2cn3ccccc3n2)c1. The first kappa shape index (κ1) is 22.0. The fraction of sp³-hybridized carbons (Fsp3) is 0.154. The Hall–Kier alpha value is -4.26. The molecule has 4 rings (SSSR count). The van der Waals surface area contributed by atoms with Gasteiger partial charge in [-0.2, -0.15) is 0 Å². The summed E-state index contributed by atoms with van der Waals surface area (Å²) in [6.45, 7) is 2.25. The molecule has 0 fully saturated rings. The van der Waals surface area contributed by atoms with Gasteiger partial charge in [0.25, 0.3) is 0 Å². The number of pyridine rings is 1. The van der Waals surface area contributed by atoms with Gasteiger partial charge in [-0.1, -0.05) is 17.7 Å². The second-order valence-corrected chi connectivity index (χ2v) is 7.42. The van der Waals surface area contributed by atoms with Crippen molar-refractivity contribution < 1.29 is 19.0 Å². The monoisotopic (exact) mass is 443 g/mol. The van der Waals surface area contributed by atoms with Crippen molar-refractivity contribution in [1.82, 2.24) is 9.38 Å². The van der Waals surface area contributed by atoms with Crippen molar-refractivity contribution in [3.8, 4) is 17.2 Å². The van der Waals surface area contributed by atoms with Crippen LogP contribution in [-0.2, 0) is 11.4 Å². The van der Waals surface area contributed by atoms with E-state index in [0.29, 0.717) is 22.9 Å². The number of aryl methyl sites for hydroxylation is 1. The minimum absolute atomic E-state index is 0.266. The topological polar surface area (TPSA) is 74.1 Å². The highest BCUT2D eigenvalue weighted by molar-refractivity contribution is 6.02. The Bertz CT molecular complexity index is 1280. The zero-order valence-corrected chi connectivity index (χ0v) is 18.7. The van der Waals surface area contributed by atoms with Gasteiger partial charge in [0.2, 0.25) is 5.91 Å². The van der Waals surface area contributed by atoms with Gasteiger partial charge in [-0.05, 0) is 49.4 Å². The lowest BCUT2D eigenvalue weighted by Gasteiger charge is -2.12. The Kier molecular flexibility index (Phi) is 6.59. The number of nitrogens with one attached hydrogen (secondary N) is 1. The molecular weight excluding hydrogens is 418 g/mol. The van der Waals surface area contributed by atoms with Crippen LogP contribution < -0.4 is 19.5 Å². The maximum atomic E-state index is 12.5. The molecule has 0 saturated carbocycles. The average molecular weight is 444 g/mol. The number of carbonyl (C=O) groups excluding carboxylic acids is 1. The van der Waals surface area contributed by atoms with Gasteiger partial charge in [0.05, 0.1) is 19.9 Å². The molecule has 2 aromatic heterocycles. The minimum Gasteiger partial charge on any atom is -0.496 e. The van der Waals surface area contributed by atoms with E-state index in [4.69, 9.17) is 14.2 Å². The maximum absolute atomic E-state index is 12.5. The lowest BCUT2D eigenvalue weighted by molar-refractivity contribution is -0.111. The van der Waals surface area contributed by atoms with Gasteiger partial charge >= 0.3 is 0 Å². The Morgan fingerprint density at radius 1 is 1.03 bits per heavy atom. The van der Waals surface area contributed by atoms with E-state index in [1.807, 2.05) is 60.1 Å². The highest BCUT2D eigenvalue weighted by atomic mass is 16.5. The number of benzene rings is 2. The van der Waals surface area contributed by atoms with Crippen molar-refractivity contribution in [2.24, 2.45) is 0 Å². The van der Waals surface area contributed by atoms with Crippen molar-refractivity contribution >= 4 is 23.3 Å². The van der Waals surface area contributed by atoms with Crippen molar-refractivity contribution in [1.29, 1.82) is 0 Å². The zero-order valence-electron chi connectivity index (χ0n) is 18.7. The first-order valence-corrected chi connectivity index (χ1v) is 10.4. The van der Waals surface area contributed by atoms with E-state index in [9.17, 15) is 4.79 Å². The molecule has 1 amide bonds. The third-order valence-corrected chi connectivity index (χ3v) is 5.02. The molecule has 7 nitrogen and oxygen atoms in total. The largest absolute Gasteiger partial charge is 0.496 e. The molecule has 33 heavy (non-hydrogen) atoms. The number of hydrogen-bond acceptors (Lipinski definition) is 5. The van der Waals surface area contributed by atoms with Crippen LogP contribution in [0.2, 0.25) is 0 Å². The Morgan fingerprint density at radius 3 is 2.64 bits per heavy atom. The first-order valence-electron chi connectivity index (χ1n) is 10.4. The molecule has 0 atom stereocenters. The highest BCUT2D eigenvalue weighted by Gasteiger charge is 2.10. The van der Waals surface area contributed by atoms with Crippen LogP contribution in [0.4, 0.5) is 5.69 Å². The van der Waals surface area contributed by atoms with Gasteiger partial charge in [0.1, 0.15) is 18.0 Å². The molecule has 2 aromatic carbocycles. The predicted molar refractivity (Wildman–Crippen MR) is 128 cm³/mol. The molecule has 0 aliphatic carbocycles. The van der Waals surface area contributed by atoms with E-state index in [1.165, 1.54) is 6.08 Å². The molecule has 1 N–H and O–H groups in total. The van der Waals surface area contributed by atoms with Crippen LogP contribution in [0, 0.1) is 6.92 Å². The lowest BCUT2D eigenvalue weighted by atomic mass is 10.1. The standard InChI is InChI=1S/C26H25N3O4/c1-18-7-10-22(31-2)19(14-18)8-12-26(30)28-20-9-11-23(32-3)24(15-20)33-17-21-16-29-13-5-4-6-25(29)27-21/h4-16H,17H2,1-3H3,(H,28,30)/b12-8+. The summed E-state index contributed by atoms with van der Waals surface area (Å²) in [5, 5.41) is 2.85.